The van der Waals surface area contributed by atoms with E-state index in [0.29, 0.717) is 23.0 Å². The third kappa shape index (κ3) is 12.5. The van der Waals surface area contributed by atoms with Crippen molar-refractivity contribution in [3.8, 4) is 67.5 Å². The molecule has 3 aromatic heterocycles. The minimum Gasteiger partial charge on any atom is -0.482 e. The van der Waals surface area contributed by atoms with E-state index in [-0.39, 0.29) is 52.9 Å². The topological polar surface area (TPSA) is 168 Å². The largest absolute Gasteiger partial charge is 0.482 e. The Bertz CT molecular complexity index is 3040. The molecule has 0 spiro atoms. The highest BCUT2D eigenvalue weighted by atomic mass is 32.1. The van der Waals surface area contributed by atoms with Crippen LogP contribution in [-0.4, -0.2) is 86.7 Å². The first-order valence-corrected chi connectivity index (χ1v) is 26.3. The molecule has 2 aliphatic rings. The smallest absolute Gasteiger partial charge is 0.344 e. The Morgan fingerprint density at radius 2 is 0.539 bits per heavy atom. The molecule has 5 heterocycles. The standard InChI is InChI=1S/C60H52N2O12S2/c1-5-67-53(63)33-71-41-17-9-37(10-18-41)57-45-25-26-46(61-45)58(38-11-19-42(20-12-38)72-34-54(64)68-6-2)51-31-32-52(76-51)60(40-15-23-44(24-16-40)74-36-56(66)70-8-4)48-28-27-47(62-48)59(50-30-29-49(57)75-50)39-13-21-43(22-14-39)73-35-55(65)69-7-3/h9-32H,5-8,33-36H2,1-4H3. The van der Waals surface area contributed by atoms with Crippen LogP contribution in [-0.2, 0) is 38.1 Å². The first-order valence-electron chi connectivity index (χ1n) is 24.6. The molecule has 0 amide bonds. The summed E-state index contributed by atoms with van der Waals surface area (Å²) in [6.07, 6.45) is 8.08. The maximum absolute atomic E-state index is 12.2. The molecular formula is C60H52N2O12S2. The van der Waals surface area contributed by atoms with Gasteiger partial charge in [0.05, 0.1) is 49.2 Å². The zero-order chi connectivity index (χ0) is 53.0. The number of rotatable bonds is 20. The molecule has 386 valence electrons. The first-order chi connectivity index (χ1) is 37.1. The summed E-state index contributed by atoms with van der Waals surface area (Å²) in [5.74, 6) is 0.192. The zero-order valence-electron chi connectivity index (χ0n) is 42.1. The van der Waals surface area contributed by atoms with Gasteiger partial charge in [0.2, 0.25) is 0 Å². The maximum Gasteiger partial charge on any atom is 0.344 e. The Hall–Kier alpha value is -8.60. The fraction of sp³-hybridized carbons (Fsp3) is 0.200. The molecule has 8 bridgehead atoms. The highest BCUT2D eigenvalue weighted by molar-refractivity contribution is 7.24. The Morgan fingerprint density at radius 3 is 0.737 bits per heavy atom. The van der Waals surface area contributed by atoms with Gasteiger partial charge in [0.15, 0.2) is 26.4 Å². The summed E-state index contributed by atoms with van der Waals surface area (Å²) in [6, 6.07) is 38.6. The summed E-state index contributed by atoms with van der Waals surface area (Å²) in [7, 11) is 0. The molecule has 4 aromatic carbocycles. The van der Waals surface area contributed by atoms with Gasteiger partial charge in [-0.1, -0.05) is 48.5 Å². The van der Waals surface area contributed by atoms with E-state index in [2.05, 4.69) is 24.3 Å². The number of ether oxygens (including phenoxy) is 8. The fourth-order valence-corrected chi connectivity index (χ4v) is 10.7. The summed E-state index contributed by atoms with van der Waals surface area (Å²) in [6.45, 7) is 7.13. The van der Waals surface area contributed by atoms with E-state index in [0.717, 1.165) is 86.1 Å². The van der Waals surface area contributed by atoms with Crippen LogP contribution in [0.15, 0.2) is 121 Å². The van der Waals surface area contributed by atoms with Crippen molar-refractivity contribution >= 4 is 89.7 Å². The van der Waals surface area contributed by atoms with Crippen molar-refractivity contribution in [2.45, 2.75) is 27.7 Å². The molecule has 0 atom stereocenters. The second-order valence-corrected chi connectivity index (χ2v) is 18.9. The molecular weight excluding hydrogens is 1000 g/mol. The third-order valence-corrected chi connectivity index (χ3v) is 14.0. The number of nitrogens with zero attached hydrogens (tertiary/aromatic N) is 2. The summed E-state index contributed by atoms with van der Waals surface area (Å²) in [4.78, 5) is 59.6. The van der Waals surface area contributed by atoms with E-state index in [4.69, 9.17) is 47.9 Å². The molecule has 0 radical (unpaired) electrons. The second-order valence-electron chi connectivity index (χ2n) is 16.7. The summed E-state index contributed by atoms with van der Waals surface area (Å²) < 4.78 is 47.2. The number of hydrogen-bond donors (Lipinski definition) is 0. The van der Waals surface area contributed by atoms with Gasteiger partial charge in [-0.15, -0.1) is 22.7 Å². The number of aromatic nitrogens is 2. The average molecular weight is 1060 g/mol. The Morgan fingerprint density at radius 1 is 0.329 bits per heavy atom. The number of fused-ring (bicyclic) bond motifs is 8. The van der Waals surface area contributed by atoms with Gasteiger partial charge in [-0.3, -0.25) is 0 Å². The zero-order valence-corrected chi connectivity index (χ0v) is 43.8. The van der Waals surface area contributed by atoms with Crippen LogP contribution in [0.5, 0.6) is 23.0 Å². The van der Waals surface area contributed by atoms with Crippen LogP contribution >= 0.6 is 22.7 Å². The Balaban J connectivity index is 1.27. The van der Waals surface area contributed by atoms with Gasteiger partial charge >= 0.3 is 23.9 Å². The maximum atomic E-state index is 12.2. The number of carbonyl (C=O) groups excluding carboxylic acids is 4. The Labute approximate surface area is 446 Å². The average Bonchev–Trinajstić information content (AvgIpc) is 4.32. The quantitative estimate of drug-likeness (QED) is 0.0522. The second kappa shape index (κ2) is 24.6. The van der Waals surface area contributed by atoms with Crippen molar-refractivity contribution in [1.82, 2.24) is 9.97 Å². The van der Waals surface area contributed by atoms with Crippen molar-refractivity contribution < 1.29 is 57.1 Å². The van der Waals surface area contributed by atoms with Gasteiger partial charge in [-0.05, 0) is 147 Å². The summed E-state index contributed by atoms with van der Waals surface area (Å²) in [5, 5.41) is 0. The predicted molar refractivity (Wildman–Crippen MR) is 296 cm³/mol. The highest BCUT2D eigenvalue weighted by Gasteiger charge is 2.21. The lowest BCUT2D eigenvalue weighted by Crippen LogP contribution is -2.14. The molecule has 0 N–H and O–H groups in total. The van der Waals surface area contributed by atoms with Crippen molar-refractivity contribution in [3.63, 3.8) is 0 Å². The molecule has 9 rings (SSSR count). The lowest BCUT2D eigenvalue weighted by molar-refractivity contribution is -0.146. The van der Waals surface area contributed by atoms with Crippen molar-refractivity contribution in [2.75, 3.05) is 52.9 Å². The number of hydrogen-bond acceptors (Lipinski definition) is 16. The molecule has 7 aromatic rings. The molecule has 0 fully saturated rings. The van der Waals surface area contributed by atoms with Gasteiger partial charge in [0.1, 0.15) is 23.0 Å². The van der Waals surface area contributed by atoms with E-state index in [1.54, 1.807) is 50.4 Å². The first kappa shape index (κ1) is 52.3. The fourth-order valence-electron chi connectivity index (χ4n) is 8.41. The Kier molecular flexibility index (Phi) is 16.9. The number of thiophene rings is 2. The molecule has 0 aliphatic carbocycles. The van der Waals surface area contributed by atoms with Crippen LogP contribution in [0.25, 0.3) is 87.6 Å². The van der Waals surface area contributed by atoms with Gasteiger partial charge in [-0.25, -0.2) is 29.1 Å². The molecule has 16 heteroatoms. The van der Waals surface area contributed by atoms with Gasteiger partial charge < -0.3 is 37.9 Å². The van der Waals surface area contributed by atoms with Gasteiger partial charge in [0.25, 0.3) is 0 Å². The monoisotopic (exact) mass is 1060 g/mol. The molecule has 2 aliphatic heterocycles. The van der Waals surface area contributed by atoms with E-state index in [1.165, 1.54) is 0 Å². The molecule has 14 nitrogen and oxygen atoms in total. The van der Waals surface area contributed by atoms with E-state index in [1.807, 2.05) is 121 Å². The van der Waals surface area contributed by atoms with Crippen LogP contribution in [0.3, 0.4) is 0 Å². The number of esters is 4. The van der Waals surface area contributed by atoms with Crippen molar-refractivity contribution in [2.24, 2.45) is 0 Å². The molecule has 0 saturated carbocycles. The van der Waals surface area contributed by atoms with E-state index >= 15 is 0 Å². The van der Waals surface area contributed by atoms with Crippen LogP contribution in [0.2, 0.25) is 0 Å². The molecule has 0 saturated heterocycles. The normalized spacial score (nSPS) is 11.4. The van der Waals surface area contributed by atoms with E-state index < -0.39 is 23.9 Å². The van der Waals surface area contributed by atoms with Crippen LogP contribution in [0.1, 0.15) is 50.5 Å². The lowest BCUT2D eigenvalue weighted by atomic mass is 10.0. The van der Waals surface area contributed by atoms with Gasteiger partial charge in [0, 0.05) is 41.1 Å². The summed E-state index contributed by atoms with van der Waals surface area (Å²) >= 11 is 3.17. The van der Waals surface area contributed by atoms with Crippen molar-refractivity contribution in [1.29, 1.82) is 0 Å². The van der Waals surface area contributed by atoms with Crippen LogP contribution in [0.4, 0.5) is 0 Å². The minimum absolute atomic E-state index is 0.221. The highest BCUT2D eigenvalue weighted by Crippen LogP contribution is 2.44. The van der Waals surface area contributed by atoms with Crippen molar-refractivity contribution in [3.05, 3.63) is 144 Å². The molecule has 76 heavy (non-hydrogen) atoms. The SMILES string of the molecule is CCOC(=O)COc1ccc(-c2c3nc(c(-c4ccc(OCC(=O)OCC)cc4)c4ccc(s4)c(-c4ccc(OCC(=O)OCC)cc4)c4nc(c(-c5ccc(OCC(=O)OCC)cc5)c5ccc2s5)C=C4)C=C3)cc1. The lowest BCUT2D eigenvalue weighted by Gasteiger charge is -2.09. The third-order valence-electron chi connectivity index (χ3n) is 11.7. The van der Waals surface area contributed by atoms with Gasteiger partial charge in [-0.2, -0.15) is 0 Å². The van der Waals surface area contributed by atoms with E-state index in [9.17, 15) is 19.2 Å². The predicted octanol–water partition coefficient (Wildman–Crippen LogP) is 12.6. The number of carbonyl (C=O) groups is 4. The van der Waals surface area contributed by atoms with Crippen LogP contribution < -0.4 is 18.9 Å². The number of benzene rings is 4. The minimum atomic E-state index is -0.457. The summed E-state index contributed by atoms with van der Waals surface area (Å²) in [5.41, 5.74) is 9.78. The molecule has 0 unspecified atom stereocenters. The van der Waals surface area contributed by atoms with Crippen LogP contribution in [0, 0.1) is 0 Å².